The van der Waals surface area contributed by atoms with E-state index in [4.69, 9.17) is 14.3 Å². The van der Waals surface area contributed by atoms with Gasteiger partial charge in [-0.1, -0.05) is 0 Å². The van der Waals surface area contributed by atoms with E-state index in [9.17, 15) is 14.4 Å². The number of amides is 1. The summed E-state index contributed by atoms with van der Waals surface area (Å²) in [6.07, 6.45) is 0.787. The average molecular weight is 361 g/mol. The van der Waals surface area contributed by atoms with Gasteiger partial charge in [0.2, 0.25) is 5.91 Å². The van der Waals surface area contributed by atoms with E-state index in [-0.39, 0.29) is 25.2 Å². The molecular formula is C19H23NO6. The standard InChI is InChI=1S/C19H23NO6/c1-11-13-6-8-15(25-3)12(2)18(13)26-19(24)14(11)7-9-16(21)20-10-4-5-17(22)23/h6,8H,4-5,7,9-10H2,1-3H3,(H,20,21)(H,22,23). The fourth-order valence-corrected chi connectivity index (χ4v) is 2.88. The average Bonchev–Trinajstić information content (AvgIpc) is 2.59. The molecule has 0 radical (unpaired) electrons. The molecule has 1 aromatic carbocycles. The number of carboxylic acid groups (broad SMARTS) is 1. The minimum atomic E-state index is -0.893. The molecule has 0 atom stereocenters. The van der Waals surface area contributed by atoms with E-state index in [1.807, 2.05) is 26.0 Å². The van der Waals surface area contributed by atoms with Gasteiger partial charge in [-0.3, -0.25) is 9.59 Å². The molecule has 2 rings (SSSR count). The predicted molar refractivity (Wildman–Crippen MR) is 96.7 cm³/mol. The van der Waals surface area contributed by atoms with E-state index >= 15 is 0 Å². The Balaban J connectivity index is 2.12. The fraction of sp³-hybridized carbons (Fsp3) is 0.421. The molecule has 2 aromatic rings. The molecule has 0 bridgehead atoms. The Labute approximate surface area is 151 Å². The van der Waals surface area contributed by atoms with Crippen molar-refractivity contribution in [1.29, 1.82) is 0 Å². The van der Waals surface area contributed by atoms with E-state index in [0.717, 1.165) is 16.5 Å². The second-order valence-electron chi connectivity index (χ2n) is 6.11. The molecule has 0 aliphatic heterocycles. The lowest BCUT2D eigenvalue weighted by molar-refractivity contribution is -0.137. The summed E-state index contributed by atoms with van der Waals surface area (Å²) in [6.45, 7) is 3.97. The first-order valence-electron chi connectivity index (χ1n) is 8.43. The molecule has 7 heteroatoms. The van der Waals surface area contributed by atoms with Crippen LogP contribution >= 0.6 is 0 Å². The minimum Gasteiger partial charge on any atom is -0.496 e. The van der Waals surface area contributed by atoms with E-state index in [1.54, 1.807) is 7.11 Å². The van der Waals surface area contributed by atoms with Crippen LogP contribution in [0, 0.1) is 13.8 Å². The van der Waals surface area contributed by atoms with E-state index in [2.05, 4.69) is 5.32 Å². The molecule has 0 saturated heterocycles. The van der Waals surface area contributed by atoms with Gasteiger partial charge in [0.05, 0.1) is 7.11 Å². The fourth-order valence-electron chi connectivity index (χ4n) is 2.88. The number of aryl methyl sites for hydroxylation is 2. The van der Waals surface area contributed by atoms with Gasteiger partial charge in [0.25, 0.3) is 0 Å². The Morgan fingerprint density at radius 3 is 2.58 bits per heavy atom. The number of aliphatic carboxylic acids is 1. The minimum absolute atomic E-state index is 0.0104. The molecule has 1 amide bonds. The number of benzene rings is 1. The van der Waals surface area contributed by atoms with Crippen LogP contribution in [0.5, 0.6) is 5.75 Å². The monoisotopic (exact) mass is 361 g/mol. The maximum Gasteiger partial charge on any atom is 0.339 e. The van der Waals surface area contributed by atoms with E-state index in [1.165, 1.54) is 0 Å². The normalized spacial score (nSPS) is 10.7. The first kappa shape index (κ1) is 19.5. The number of ether oxygens (including phenoxy) is 1. The zero-order valence-electron chi connectivity index (χ0n) is 15.2. The second kappa shape index (κ2) is 8.51. The number of nitrogens with one attached hydrogen (secondary N) is 1. The molecule has 0 fully saturated rings. The van der Waals surface area contributed by atoms with Gasteiger partial charge >= 0.3 is 11.6 Å². The highest BCUT2D eigenvalue weighted by atomic mass is 16.5. The summed E-state index contributed by atoms with van der Waals surface area (Å²) in [5.74, 6) is -0.468. The Morgan fingerprint density at radius 1 is 1.19 bits per heavy atom. The highest BCUT2D eigenvalue weighted by Gasteiger charge is 2.16. The highest BCUT2D eigenvalue weighted by molar-refractivity contribution is 5.85. The van der Waals surface area contributed by atoms with Crippen LogP contribution in [0.2, 0.25) is 0 Å². The Morgan fingerprint density at radius 2 is 1.92 bits per heavy atom. The zero-order valence-corrected chi connectivity index (χ0v) is 15.2. The van der Waals surface area contributed by atoms with Gasteiger partial charge in [0, 0.05) is 35.9 Å². The molecule has 0 aliphatic carbocycles. The molecule has 7 nitrogen and oxygen atoms in total. The number of fused-ring (bicyclic) bond motifs is 1. The van der Waals surface area contributed by atoms with Crippen LogP contribution in [-0.4, -0.2) is 30.6 Å². The van der Waals surface area contributed by atoms with E-state index in [0.29, 0.717) is 29.9 Å². The molecule has 1 heterocycles. The van der Waals surface area contributed by atoms with E-state index < -0.39 is 11.6 Å². The SMILES string of the molecule is COc1ccc2c(C)c(CCC(=O)NCCCC(=O)O)c(=O)oc2c1C. The lowest BCUT2D eigenvalue weighted by Gasteiger charge is -2.11. The lowest BCUT2D eigenvalue weighted by Crippen LogP contribution is -2.26. The Hall–Kier alpha value is -2.83. The van der Waals surface area contributed by atoms with Gasteiger partial charge in [-0.25, -0.2) is 4.79 Å². The number of hydrogen-bond donors (Lipinski definition) is 2. The molecule has 0 spiro atoms. The van der Waals surface area contributed by atoms with Crippen LogP contribution in [0.3, 0.4) is 0 Å². The van der Waals surface area contributed by atoms with Crippen LogP contribution < -0.4 is 15.7 Å². The van der Waals surface area contributed by atoms with Crippen LogP contribution in [0.15, 0.2) is 21.3 Å². The largest absolute Gasteiger partial charge is 0.496 e. The molecule has 26 heavy (non-hydrogen) atoms. The topological polar surface area (TPSA) is 106 Å². The van der Waals surface area contributed by atoms with Crippen molar-refractivity contribution in [2.24, 2.45) is 0 Å². The smallest absolute Gasteiger partial charge is 0.339 e. The maximum atomic E-state index is 12.3. The lowest BCUT2D eigenvalue weighted by atomic mass is 10.0. The summed E-state index contributed by atoms with van der Waals surface area (Å²) in [6, 6.07) is 3.67. The molecule has 140 valence electrons. The van der Waals surface area contributed by atoms with Gasteiger partial charge < -0.3 is 19.6 Å². The number of carbonyl (C=O) groups is 2. The summed E-state index contributed by atoms with van der Waals surface area (Å²) >= 11 is 0. The third-order valence-corrected chi connectivity index (χ3v) is 4.37. The van der Waals surface area contributed by atoms with Gasteiger partial charge in [0.15, 0.2) is 0 Å². The first-order chi connectivity index (χ1) is 12.3. The summed E-state index contributed by atoms with van der Waals surface area (Å²) in [5, 5.41) is 12.0. The molecule has 0 saturated carbocycles. The van der Waals surface area contributed by atoms with Crippen LogP contribution in [0.25, 0.3) is 11.0 Å². The van der Waals surface area contributed by atoms with Crippen molar-refractivity contribution in [3.8, 4) is 5.75 Å². The molecule has 0 unspecified atom stereocenters. The highest BCUT2D eigenvalue weighted by Crippen LogP contribution is 2.29. The van der Waals surface area contributed by atoms with Crippen LogP contribution in [0.1, 0.15) is 36.0 Å². The number of rotatable bonds is 8. The Kier molecular flexibility index (Phi) is 6.38. The summed E-state index contributed by atoms with van der Waals surface area (Å²) in [7, 11) is 1.56. The van der Waals surface area contributed by atoms with Crippen molar-refractivity contribution in [3.63, 3.8) is 0 Å². The van der Waals surface area contributed by atoms with Crippen molar-refractivity contribution in [2.45, 2.75) is 39.5 Å². The maximum absolute atomic E-state index is 12.3. The quantitative estimate of drug-likeness (QED) is 0.552. The molecule has 1 aromatic heterocycles. The van der Waals surface area contributed by atoms with Gasteiger partial charge in [0.1, 0.15) is 11.3 Å². The first-order valence-corrected chi connectivity index (χ1v) is 8.43. The van der Waals surface area contributed by atoms with Crippen molar-refractivity contribution in [1.82, 2.24) is 5.32 Å². The second-order valence-corrected chi connectivity index (χ2v) is 6.11. The van der Waals surface area contributed by atoms with Crippen molar-refractivity contribution < 1.29 is 23.8 Å². The van der Waals surface area contributed by atoms with Crippen molar-refractivity contribution in [3.05, 3.63) is 39.2 Å². The van der Waals surface area contributed by atoms with Crippen molar-refractivity contribution in [2.75, 3.05) is 13.7 Å². The van der Waals surface area contributed by atoms with Gasteiger partial charge in [-0.05, 0) is 44.4 Å². The zero-order chi connectivity index (χ0) is 19.3. The number of hydrogen-bond acceptors (Lipinski definition) is 5. The third kappa shape index (κ3) is 4.41. The summed E-state index contributed by atoms with van der Waals surface area (Å²) in [4.78, 5) is 34.7. The summed E-state index contributed by atoms with van der Waals surface area (Å²) in [5.41, 5.74) is 2.06. The van der Waals surface area contributed by atoms with Crippen molar-refractivity contribution >= 4 is 22.8 Å². The summed E-state index contributed by atoms with van der Waals surface area (Å²) < 4.78 is 10.7. The Bertz CT molecular complexity index is 884. The number of methoxy groups -OCH3 is 1. The number of carboxylic acids is 1. The van der Waals surface area contributed by atoms with Crippen LogP contribution in [0.4, 0.5) is 0 Å². The molecule has 0 aliphatic rings. The van der Waals surface area contributed by atoms with Gasteiger partial charge in [-0.2, -0.15) is 0 Å². The third-order valence-electron chi connectivity index (χ3n) is 4.37. The molecule has 2 N–H and O–H groups in total. The van der Waals surface area contributed by atoms with Crippen LogP contribution in [-0.2, 0) is 16.0 Å². The van der Waals surface area contributed by atoms with Gasteiger partial charge in [-0.15, -0.1) is 0 Å². The molecular weight excluding hydrogens is 338 g/mol. The predicted octanol–water partition coefficient (Wildman–Crippen LogP) is 2.33. The number of carbonyl (C=O) groups excluding carboxylic acids is 1.